The first-order chi connectivity index (χ1) is 6.66. The predicted octanol–water partition coefficient (Wildman–Crippen LogP) is 3.90. The fraction of sp³-hybridized carbons (Fsp3) is 0.200. The highest BCUT2D eigenvalue weighted by molar-refractivity contribution is 9.09. The molecule has 0 saturated carbocycles. The van der Waals surface area contributed by atoms with Crippen molar-refractivity contribution in [3.63, 3.8) is 0 Å². The molecule has 4 heteroatoms. The van der Waals surface area contributed by atoms with Gasteiger partial charge in [0, 0.05) is 10.9 Å². The van der Waals surface area contributed by atoms with Crippen LogP contribution in [0.4, 0.5) is 13.2 Å². The zero-order chi connectivity index (χ0) is 10.6. The number of hydrogen-bond acceptors (Lipinski definition) is 0. The largest absolute Gasteiger partial charge is 0.206 e. The third kappa shape index (κ3) is 2.61. The monoisotopic (exact) mass is 264 g/mol. The van der Waals surface area contributed by atoms with Crippen LogP contribution in [-0.4, -0.2) is 5.33 Å². The molecule has 1 rings (SSSR count). The lowest BCUT2D eigenvalue weighted by atomic mass is 10.1. The van der Waals surface area contributed by atoms with Gasteiger partial charge in [-0.1, -0.05) is 28.1 Å². The molecule has 0 radical (unpaired) electrons. The van der Waals surface area contributed by atoms with Crippen molar-refractivity contribution in [3.05, 3.63) is 41.2 Å². The number of halogens is 4. The van der Waals surface area contributed by atoms with Gasteiger partial charge in [-0.15, -0.1) is 0 Å². The van der Waals surface area contributed by atoms with Gasteiger partial charge in [-0.2, -0.15) is 0 Å². The smallest absolute Gasteiger partial charge is 0.168 e. The molecule has 0 N–H and O–H groups in total. The normalized spacial score (nSPS) is 11.1. The number of alkyl halides is 1. The van der Waals surface area contributed by atoms with Gasteiger partial charge < -0.3 is 0 Å². The van der Waals surface area contributed by atoms with E-state index in [4.69, 9.17) is 0 Å². The third-order valence-electron chi connectivity index (χ3n) is 1.64. The quantitative estimate of drug-likeness (QED) is 0.574. The first-order valence-corrected chi connectivity index (χ1v) is 5.15. The van der Waals surface area contributed by atoms with Crippen molar-refractivity contribution in [2.75, 3.05) is 5.33 Å². The SMILES string of the molecule is Fc1ccc(F)c(C=CCCBr)c1F. The Hall–Kier alpha value is -0.770. The highest BCUT2D eigenvalue weighted by Gasteiger charge is 2.10. The van der Waals surface area contributed by atoms with E-state index in [9.17, 15) is 13.2 Å². The van der Waals surface area contributed by atoms with Gasteiger partial charge in [0.1, 0.15) is 5.82 Å². The molecule has 0 spiro atoms. The fourth-order valence-electron chi connectivity index (χ4n) is 0.960. The third-order valence-corrected chi connectivity index (χ3v) is 2.10. The topological polar surface area (TPSA) is 0 Å². The van der Waals surface area contributed by atoms with Gasteiger partial charge in [0.2, 0.25) is 0 Å². The molecule has 0 bridgehead atoms. The van der Waals surface area contributed by atoms with Crippen LogP contribution in [0.3, 0.4) is 0 Å². The summed E-state index contributed by atoms with van der Waals surface area (Å²) in [6.07, 6.45) is 3.46. The molecule has 14 heavy (non-hydrogen) atoms. The van der Waals surface area contributed by atoms with Crippen LogP contribution in [0.15, 0.2) is 18.2 Å². The molecule has 0 saturated heterocycles. The average Bonchev–Trinajstić information content (AvgIpc) is 2.18. The van der Waals surface area contributed by atoms with E-state index in [0.717, 1.165) is 12.1 Å². The molecule has 0 atom stereocenters. The first-order valence-electron chi connectivity index (χ1n) is 4.03. The second-order valence-electron chi connectivity index (χ2n) is 2.64. The summed E-state index contributed by atoms with van der Waals surface area (Å²) >= 11 is 3.16. The summed E-state index contributed by atoms with van der Waals surface area (Å²) in [5, 5.41) is 0.696. The van der Waals surface area contributed by atoms with E-state index in [-0.39, 0.29) is 5.56 Å². The van der Waals surface area contributed by atoms with Gasteiger partial charge in [0.25, 0.3) is 0 Å². The van der Waals surface area contributed by atoms with Crippen molar-refractivity contribution in [3.8, 4) is 0 Å². The van der Waals surface area contributed by atoms with E-state index in [2.05, 4.69) is 15.9 Å². The molecular formula is C10H8BrF3. The Morgan fingerprint density at radius 3 is 2.43 bits per heavy atom. The summed E-state index contributed by atoms with van der Waals surface area (Å²) in [5.74, 6) is -2.93. The molecule has 0 unspecified atom stereocenters. The van der Waals surface area contributed by atoms with Crippen LogP contribution in [0, 0.1) is 17.5 Å². The van der Waals surface area contributed by atoms with Gasteiger partial charge in [-0.3, -0.25) is 0 Å². The van der Waals surface area contributed by atoms with Gasteiger partial charge in [-0.05, 0) is 18.6 Å². The van der Waals surface area contributed by atoms with Crippen LogP contribution in [0.2, 0.25) is 0 Å². The van der Waals surface area contributed by atoms with Crippen molar-refractivity contribution in [1.29, 1.82) is 0 Å². The van der Waals surface area contributed by atoms with Crippen LogP contribution >= 0.6 is 15.9 Å². The minimum Gasteiger partial charge on any atom is -0.206 e. The summed E-state index contributed by atoms with van der Waals surface area (Å²) in [6, 6.07) is 1.68. The van der Waals surface area contributed by atoms with Crippen LogP contribution in [-0.2, 0) is 0 Å². The molecule has 0 aliphatic heterocycles. The maximum atomic E-state index is 13.0. The molecule has 0 aliphatic rings. The Morgan fingerprint density at radius 1 is 1.14 bits per heavy atom. The van der Waals surface area contributed by atoms with E-state index in [1.54, 1.807) is 6.08 Å². The van der Waals surface area contributed by atoms with E-state index in [1.165, 1.54) is 6.08 Å². The molecule has 0 aromatic heterocycles. The zero-order valence-corrected chi connectivity index (χ0v) is 8.82. The lowest BCUT2D eigenvalue weighted by molar-refractivity contribution is 0.492. The average molecular weight is 265 g/mol. The maximum Gasteiger partial charge on any atom is 0.168 e. The van der Waals surface area contributed by atoms with Crippen LogP contribution in [0.1, 0.15) is 12.0 Å². The van der Waals surface area contributed by atoms with Crippen molar-refractivity contribution >= 4 is 22.0 Å². The van der Waals surface area contributed by atoms with Crippen LogP contribution in [0.25, 0.3) is 6.08 Å². The Morgan fingerprint density at radius 2 is 1.79 bits per heavy atom. The summed E-state index contributed by atoms with van der Waals surface area (Å²) in [5.41, 5.74) is -0.328. The lowest BCUT2D eigenvalue weighted by Gasteiger charge is -1.99. The molecule has 0 aliphatic carbocycles. The highest BCUT2D eigenvalue weighted by atomic mass is 79.9. The highest BCUT2D eigenvalue weighted by Crippen LogP contribution is 2.17. The van der Waals surface area contributed by atoms with Crippen molar-refractivity contribution in [2.24, 2.45) is 0 Å². The van der Waals surface area contributed by atoms with Crippen molar-refractivity contribution < 1.29 is 13.2 Å². The number of allylic oxidation sites excluding steroid dienone is 1. The Balaban J connectivity index is 3.00. The first kappa shape index (κ1) is 11.3. The van der Waals surface area contributed by atoms with Crippen LogP contribution < -0.4 is 0 Å². The lowest BCUT2D eigenvalue weighted by Crippen LogP contribution is -1.92. The van der Waals surface area contributed by atoms with Crippen LogP contribution in [0.5, 0.6) is 0 Å². The molecular weight excluding hydrogens is 257 g/mol. The Kier molecular flexibility index (Phi) is 4.20. The second-order valence-corrected chi connectivity index (χ2v) is 3.43. The summed E-state index contributed by atoms with van der Waals surface area (Å²) in [4.78, 5) is 0. The number of hydrogen-bond donors (Lipinski definition) is 0. The Bertz CT molecular complexity index is 347. The molecule has 0 nitrogen and oxygen atoms in total. The zero-order valence-electron chi connectivity index (χ0n) is 7.24. The Labute approximate surface area is 88.6 Å². The van der Waals surface area contributed by atoms with E-state index in [0.29, 0.717) is 11.8 Å². The van der Waals surface area contributed by atoms with Crippen molar-refractivity contribution in [2.45, 2.75) is 6.42 Å². The molecule has 0 fully saturated rings. The molecule has 1 aromatic rings. The van der Waals surface area contributed by atoms with Crippen molar-refractivity contribution in [1.82, 2.24) is 0 Å². The van der Waals surface area contributed by atoms with Gasteiger partial charge >= 0.3 is 0 Å². The minimum atomic E-state index is -1.14. The molecule has 76 valence electrons. The second kappa shape index (κ2) is 5.20. The molecule has 0 heterocycles. The predicted molar refractivity (Wildman–Crippen MR) is 53.8 cm³/mol. The standard InChI is InChI=1S/C10H8BrF3/c11-6-2-1-3-7-8(12)4-5-9(13)10(7)14/h1,3-5H,2,6H2. The van der Waals surface area contributed by atoms with Gasteiger partial charge in [0.15, 0.2) is 11.6 Å². The summed E-state index contributed by atoms with van der Waals surface area (Å²) in [7, 11) is 0. The number of rotatable bonds is 3. The van der Waals surface area contributed by atoms with E-state index < -0.39 is 17.5 Å². The summed E-state index contributed by atoms with van der Waals surface area (Å²) in [6.45, 7) is 0. The fourth-order valence-corrected chi connectivity index (χ4v) is 1.22. The molecule has 1 aromatic carbocycles. The minimum absolute atomic E-state index is 0.328. The van der Waals surface area contributed by atoms with Gasteiger partial charge in [-0.25, -0.2) is 13.2 Å². The molecule has 0 amide bonds. The summed E-state index contributed by atoms with van der Waals surface area (Å²) < 4.78 is 38.7. The number of benzene rings is 1. The van der Waals surface area contributed by atoms with E-state index in [1.807, 2.05) is 0 Å². The van der Waals surface area contributed by atoms with E-state index >= 15 is 0 Å². The maximum absolute atomic E-state index is 13.0. The van der Waals surface area contributed by atoms with Gasteiger partial charge in [0.05, 0.1) is 0 Å².